The second-order valence-corrected chi connectivity index (χ2v) is 3.50. The molecule has 0 saturated carbocycles. The Morgan fingerprint density at radius 3 is 2.86 bits per heavy atom. The van der Waals surface area contributed by atoms with Gasteiger partial charge in [0.2, 0.25) is 0 Å². The lowest BCUT2D eigenvalue weighted by atomic mass is 10.1. The van der Waals surface area contributed by atoms with Gasteiger partial charge in [-0.1, -0.05) is 19.1 Å². The highest BCUT2D eigenvalue weighted by Crippen LogP contribution is 2.20. The first-order valence-electron chi connectivity index (χ1n) is 5.13. The maximum atomic E-state index is 5.56. The molecule has 2 N–H and O–H groups in total. The van der Waals surface area contributed by atoms with E-state index in [9.17, 15) is 0 Å². The van der Waals surface area contributed by atoms with E-state index in [-0.39, 0.29) is 0 Å². The molecule has 1 heterocycles. The quantitative estimate of drug-likeness (QED) is 0.786. The number of fused-ring (bicyclic) bond motifs is 1. The number of aromatic nitrogens is 1. The molecule has 1 aromatic carbocycles. The molecule has 74 valence electrons. The maximum absolute atomic E-state index is 5.56. The fraction of sp³-hybridized carbons (Fsp3) is 0.333. The van der Waals surface area contributed by atoms with Crippen molar-refractivity contribution in [3.8, 4) is 0 Å². The Balaban J connectivity index is 2.57. The predicted molar refractivity (Wildman–Crippen MR) is 60.4 cm³/mol. The number of rotatable bonds is 3. The lowest BCUT2D eigenvalue weighted by molar-refractivity contribution is 0.735. The SMILES string of the molecule is CCc1cccc2c1ccn2CCN. The van der Waals surface area contributed by atoms with Crippen molar-refractivity contribution in [3.63, 3.8) is 0 Å². The van der Waals surface area contributed by atoms with Gasteiger partial charge in [-0.3, -0.25) is 0 Å². The Kier molecular flexibility index (Phi) is 2.55. The molecule has 2 nitrogen and oxygen atoms in total. The average molecular weight is 188 g/mol. The molecule has 14 heavy (non-hydrogen) atoms. The first kappa shape index (κ1) is 9.28. The molecule has 0 bridgehead atoms. The summed E-state index contributed by atoms with van der Waals surface area (Å²) in [5.41, 5.74) is 8.28. The number of aryl methyl sites for hydroxylation is 1. The Morgan fingerprint density at radius 1 is 1.29 bits per heavy atom. The smallest absolute Gasteiger partial charge is 0.0483 e. The van der Waals surface area contributed by atoms with Crippen molar-refractivity contribution in [1.29, 1.82) is 0 Å². The lowest BCUT2D eigenvalue weighted by Gasteiger charge is -2.04. The minimum absolute atomic E-state index is 0.695. The third kappa shape index (κ3) is 1.42. The van der Waals surface area contributed by atoms with Crippen LogP contribution < -0.4 is 5.73 Å². The first-order chi connectivity index (χ1) is 6.86. The van der Waals surface area contributed by atoms with Gasteiger partial charge in [0.05, 0.1) is 0 Å². The molecule has 1 aromatic heterocycles. The number of hydrogen-bond acceptors (Lipinski definition) is 1. The van der Waals surface area contributed by atoms with Crippen LogP contribution in [-0.4, -0.2) is 11.1 Å². The van der Waals surface area contributed by atoms with Crippen LogP contribution in [0.3, 0.4) is 0 Å². The largest absolute Gasteiger partial charge is 0.346 e. The summed E-state index contributed by atoms with van der Waals surface area (Å²) >= 11 is 0. The zero-order chi connectivity index (χ0) is 9.97. The van der Waals surface area contributed by atoms with Crippen LogP contribution in [0.2, 0.25) is 0 Å². The van der Waals surface area contributed by atoms with Gasteiger partial charge in [-0.2, -0.15) is 0 Å². The molecule has 0 aliphatic heterocycles. The Labute approximate surface area is 84.3 Å². The summed E-state index contributed by atoms with van der Waals surface area (Å²) in [4.78, 5) is 0. The van der Waals surface area contributed by atoms with Crippen molar-refractivity contribution in [2.75, 3.05) is 6.54 Å². The summed E-state index contributed by atoms with van der Waals surface area (Å²) < 4.78 is 2.22. The van der Waals surface area contributed by atoms with E-state index in [1.54, 1.807) is 0 Å². The van der Waals surface area contributed by atoms with E-state index in [0.29, 0.717) is 6.54 Å². The third-order valence-corrected chi connectivity index (χ3v) is 2.65. The molecule has 0 aliphatic carbocycles. The summed E-state index contributed by atoms with van der Waals surface area (Å²) in [6.07, 6.45) is 3.21. The predicted octanol–water partition coefficient (Wildman–Crippen LogP) is 2.16. The van der Waals surface area contributed by atoms with Crippen LogP contribution in [0.4, 0.5) is 0 Å². The van der Waals surface area contributed by atoms with Crippen molar-refractivity contribution >= 4 is 10.9 Å². The summed E-state index contributed by atoms with van der Waals surface area (Å²) in [6.45, 7) is 3.78. The highest BCUT2D eigenvalue weighted by Gasteiger charge is 2.02. The van der Waals surface area contributed by atoms with Crippen molar-refractivity contribution in [2.45, 2.75) is 19.9 Å². The topological polar surface area (TPSA) is 30.9 Å². The van der Waals surface area contributed by atoms with Crippen molar-refractivity contribution in [3.05, 3.63) is 36.0 Å². The molecule has 0 atom stereocenters. The summed E-state index contributed by atoms with van der Waals surface area (Å²) in [7, 11) is 0. The highest BCUT2D eigenvalue weighted by atomic mass is 15.0. The number of benzene rings is 1. The Hall–Kier alpha value is -1.28. The Morgan fingerprint density at radius 2 is 2.14 bits per heavy atom. The zero-order valence-electron chi connectivity index (χ0n) is 8.53. The second-order valence-electron chi connectivity index (χ2n) is 3.50. The van der Waals surface area contributed by atoms with E-state index in [0.717, 1.165) is 13.0 Å². The van der Waals surface area contributed by atoms with Gasteiger partial charge in [0.15, 0.2) is 0 Å². The first-order valence-corrected chi connectivity index (χ1v) is 5.13. The van der Waals surface area contributed by atoms with Crippen LogP contribution in [0, 0.1) is 0 Å². The molecular weight excluding hydrogens is 172 g/mol. The van der Waals surface area contributed by atoms with Gasteiger partial charge in [-0.25, -0.2) is 0 Å². The van der Waals surface area contributed by atoms with E-state index < -0.39 is 0 Å². The molecule has 0 unspecified atom stereocenters. The normalized spacial score (nSPS) is 11.0. The van der Waals surface area contributed by atoms with Crippen LogP contribution >= 0.6 is 0 Å². The van der Waals surface area contributed by atoms with Gasteiger partial charge in [0.1, 0.15) is 0 Å². The Bertz CT molecular complexity index is 429. The molecule has 2 rings (SSSR count). The van der Waals surface area contributed by atoms with Gasteiger partial charge < -0.3 is 10.3 Å². The van der Waals surface area contributed by atoms with E-state index in [1.807, 2.05) is 0 Å². The molecular formula is C12H16N2. The summed E-state index contributed by atoms with van der Waals surface area (Å²) in [5, 5.41) is 1.36. The molecule has 0 amide bonds. The highest BCUT2D eigenvalue weighted by molar-refractivity contribution is 5.83. The molecule has 2 heteroatoms. The van der Waals surface area contributed by atoms with E-state index in [2.05, 4.69) is 42.0 Å². The minimum atomic E-state index is 0.695. The summed E-state index contributed by atoms with van der Waals surface area (Å²) in [5.74, 6) is 0. The zero-order valence-corrected chi connectivity index (χ0v) is 8.53. The van der Waals surface area contributed by atoms with Gasteiger partial charge >= 0.3 is 0 Å². The van der Waals surface area contributed by atoms with E-state index >= 15 is 0 Å². The lowest BCUT2D eigenvalue weighted by Crippen LogP contribution is -2.08. The molecule has 0 radical (unpaired) electrons. The van der Waals surface area contributed by atoms with E-state index in [1.165, 1.54) is 16.5 Å². The fourth-order valence-electron chi connectivity index (χ4n) is 1.93. The number of nitrogens with two attached hydrogens (primary N) is 1. The monoisotopic (exact) mass is 188 g/mol. The van der Waals surface area contributed by atoms with Gasteiger partial charge in [-0.15, -0.1) is 0 Å². The number of nitrogens with zero attached hydrogens (tertiary/aromatic N) is 1. The van der Waals surface area contributed by atoms with Crippen LogP contribution in [0.15, 0.2) is 30.5 Å². The van der Waals surface area contributed by atoms with Crippen molar-refractivity contribution in [1.82, 2.24) is 4.57 Å². The minimum Gasteiger partial charge on any atom is -0.346 e. The van der Waals surface area contributed by atoms with Gasteiger partial charge in [0, 0.05) is 30.2 Å². The van der Waals surface area contributed by atoms with Crippen LogP contribution in [-0.2, 0) is 13.0 Å². The van der Waals surface area contributed by atoms with Crippen LogP contribution in [0.1, 0.15) is 12.5 Å². The van der Waals surface area contributed by atoms with Crippen LogP contribution in [0.5, 0.6) is 0 Å². The summed E-state index contributed by atoms with van der Waals surface area (Å²) in [6, 6.07) is 8.65. The molecule has 2 aromatic rings. The van der Waals surface area contributed by atoms with Crippen LogP contribution in [0.25, 0.3) is 10.9 Å². The van der Waals surface area contributed by atoms with Crippen molar-refractivity contribution < 1.29 is 0 Å². The standard InChI is InChI=1S/C12H16N2/c1-2-10-4-3-5-12-11(10)6-8-14(12)9-7-13/h3-6,8H,2,7,9,13H2,1H3. The molecule has 0 aliphatic rings. The van der Waals surface area contributed by atoms with Gasteiger partial charge in [0.25, 0.3) is 0 Å². The van der Waals surface area contributed by atoms with E-state index in [4.69, 9.17) is 5.73 Å². The average Bonchev–Trinajstić information content (AvgIpc) is 2.62. The molecule has 0 fully saturated rings. The number of hydrogen-bond donors (Lipinski definition) is 1. The fourth-order valence-corrected chi connectivity index (χ4v) is 1.93. The third-order valence-electron chi connectivity index (χ3n) is 2.65. The van der Waals surface area contributed by atoms with Crippen molar-refractivity contribution in [2.24, 2.45) is 5.73 Å². The second kappa shape index (κ2) is 3.84. The maximum Gasteiger partial charge on any atom is 0.0483 e. The van der Waals surface area contributed by atoms with Gasteiger partial charge in [-0.05, 0) is 24.1 Å². The molecule has 0 saturated heterocycles. The molecule has 0 spiro atoms.